The summed E-state index contributed by atoms with van der Waals surface area (Å²) >= 11 is 3.22. The van der Waals surface area contributed by atoms with E-state index in [0.717, 1.165) is 6.42 Å². The Balaban J connectivity index is 1.99. The van der Waals surface area contributed by atoms with Crippen molar-refractivity contribution in [2.45, 2.75) is 26.4 Å². The average Bonchev–Trinajstić information content (AvgIpc) is 2.87. The number of nitrogens with zero attached hydrogens (tertiary/aromatic N) is 2. The minimum atomic E-state index is -0.654. The molecule has 7 heteroatoms. The van der Waals surface area contributed by atoms with E-state index in [-0.39, 0.29) is 23.8 Å². The molecule has 0 aliphatic heterocycles. The van der Waals surface area contributed by atoms with Gasteiger partial charge in [-0.25, -0.2) is 4.79 Å². The van der Waals surface area contributed by atoms with Crippen LogP contribution in [-0.4, -0.2) is 21.2 Å². The number of rotatable bonds is 5. The Labute approximate surface area is 123 Å². The zero-order valence-corrected chi connectivity index (χ0v) is 12.4. The molecule has 2 rings (SSSR count). The first kappa shape index (κ1) is 14.5. The highest BCUT2D eigenvalue weighted by Crippen LogP contribution is 2.22. The summed E-state index contributed by atoms with van der Waals surface area (Å²) in [5, 5.41) is 13.4. The number of phenols is 1. The largest absolute Gasteiger partial charge is 0.507 e. The fraction of sp³-hybridized carbons (Fsp3) is 0.308. The summed E-state index contributed by atoms with van der Waals surface area (Å²) < 4.78 is 10.6. The van der Waals surface area contributed by atoms with Crippen LogP contribution in [0.2, 0.25) is 0 Å². The molecule has 20 heavy (non-hydrogen) atoms. The van der Waals surface area contributed by atoms with Gasteiger partial charge in [-0.3, -0.25) is 0 Å². The number of phenolic OH excluding ortho intramolecular Hbond substituents is 1. The number of hydrogen-bond acceptors (Lipinski definition) is 6. The van der Waals surface area contributed by atoms with Crippen LogP contribution < -0.4 is 0 Å². The minimum Gasteiger partial charge on any atom is -0.507 e. The molecule has 106 valence electrons. The van der Waals surface area contributed by atoms with Gasteiger partial charge in [-0.05, 0) is 24.6 Å². The molecule has 2 aromatic rings. The molecule has 0 radical (unpaired) electrons. The molecule has 0 atom stereocenters. The Hall–Kier alpha value is -1.89. The predicted molar refractivity (Wildman–Crippen MR) is 73.2 cm³/mol. The Bertz CT molecular complexity index is 612. The first-order valence-electron chi connectivity index (χ1n) is 6.07. The van der Waals surface area contributed by atoms with E-state index < -0.39 is 5.97 Å². The van der Waals surface area contributed by atoms with E-state index in [2.05, 4.69) is 26.1 Å². The monoisotopic (exact) mass is 340 g/mol. The Morgan fingerprint density at radius 2 is 2.30 bits per heavy atom. The molecular formula is C13H13BrN2O4. The van der Waals surface area contributed by atoms with Crippen molar-refractivity contribution in [3.05, 3.63) is 40.0 Å². The third-order valence-corrected chi connectivity index (χ3v) is 2.98. The van der Waals surface area contributed by atoms with Crippen LogP contribution in [0.15, 0.2) is 27.2 Å². The maximum Gasteiger partial charge on any atom is 0.342 e. The van der Waals surface area contributed by atoms with Crippen LogP contribution in [0.1, 0.15) is 35.4 Å². The van der Waals surface area contributed by atoms with Crippen molar-refractivity contribution < 1.29 is 19.2 Å². The Morgan fingerprint density at radius 3 is 3.05 bits per heavy atom. The number of aromatic nitrogens is 2. The highest BCUT2D eigenvalue weighted by molar-refractivity contribution is 9.10. The average molecular weight is 341 g/mol. The van der Waals surface area contributed by atoms with Gasteiger partial charge < -0.3 is 14.4 Å². The smallest absolute Gasteiger partial charge is 0.342 e. The third kappa shape index (κ3) is 3.57. The van der Waals surface area contributed by atoms with Crippen molar-refractivity contribution in [1.82, 2.24) is 10.1 Å². The molecule has 1 aromatic heterocycles. The zero-order valence-electron chi connectivity index (χ0n) is 10.8. The topological polar surface area (TPSA) is 85.5 Å². The molecule has 0 aliphatic carbocycles. The molecular weight excluding hydrogens is 328 g/mol. The zero-order chi connectivity index (χ0) is 14.5. The van der Waals surface area contributed by atoms with E-state index >= 15 is 0 Å². The lowest BCUT2D eigenvalue weighted by Crippen LogP contribution is -2.06. The van der Waals surface area contributed by atoms with E-state index in [1.54, 1.807) is 6.07 Å². The molecule has 0 fully saturated rings. The van der Waals surface area contributed by atoms with Crippen LogP contribution in [-0.2, 0) is 17.8 Å². The molecule has 1 aromatic carbocycles. The summed E-state index contributed by atoms with van der Waals surface area (Å²) in [6.07, 6.45) is 1.62. The molecule has 0 amide bonds. The number of carbonyl (C=O) groups is 1. The van der Waals surface area contributed by atoms with Crippen LogP contribution in [0.25, 0.3) is 0 Å². The first-order valence-corrected chi connectivity index (χ1v) is 6.86. The highest BCUT2D eigenvalue weighted by Gasteiger charge is 2.15. The quantitative estimate of drug-likeness (QED) is 0.842. The van der Waals surface area contributed by atoms with Crippen molar-refractivity contribution in [1.29, 1.82) is 0 Å². The van der Waals surface area contributed by atoms with Crippen molar-refractivity contribution >= 4 is 21.9 Å². The number of benzene rings is 1. The molecule has 0 saturated carbocycles. The number of ether oxygens (including phenoxy) is 1. The summed E-state index contributed by atoms with van der Waals surface area (Å²) in [5.41, 5.74) is 0.0765. The van der Waals surface area contributed by atoms with Gasteiger partial charge in [0.15, 0.2) is 12.4 Å². The van der Waals surface area contributed by atoms with Crippen molar-refractivity contribution in [2.75, 3.05) is 0 Å². The summed E-state index contributed by atoms with van der Waals surface area (Å²) in [5.74, 6) is 0.0228. The lowest BCUT2D eigenvalue weighted by atomic mass is 10.2. The number of hydrogen-bond donors (Lipinski definition) is 1. The molecule has 0 aliphatic rings. The van der Waals surface area contributed by atoms with Crippen LogP contribution in [0.4, 0.5) is 0 Å². The molecule has 1 heterocycles. The van der Waals surface area contributed by atoms with E-state index in [9.17, 15) is 9.90 Å². The minimum absolute atomic E-state index is 0.0765. The number of aryl methyl sites for hydroxylation is 1. The second-order valence-electron chi connectivity index (χ2n) is 4.09. The first-order chi connectivity index (χ1) is 9.60. The van der Waals surface area contributed by atoms with Crippen molar-refractivity contribution in [3.8, 4) is 5.75 Å². The van der Waals surface area contributed by atoms with Gasteiger partial charge in [0.2, 0.25) is 0 Å². The van der Waals surface area contributed by atoms with E-state index in [1.165, 1.54) is 12.1 Å². The Kier molecular flexibility index (Phi) is 4.73. The van der Waals surface area contributed by atoms with Gasteiger partial charge in [0.1, 0.15) is 11.3 Å². The molecule has 0 bridgehead atoms. The number of halogens is 1. The summed E-state index contributed by atoms with van der Waals surface area (Å²) in [4.78, 5) is 15.9. The van der Waals surface area contributed by atoms with Gasteiger partial charge in [0.05, 0.1) is 0 Å². The highest BCUT2D eigenvalue weighted by atomic mass is 79.9. The second kappa shape index (κ2) is 6.51. The van der Waals surface area contributed by atoms with Crippen LogP contribution >= 0.6 is 15.9 Å². The van der Waals surface area contributed by atoms with Crippen molar-refractivity contribution in [2.24, 2.45) is 0 Å². The van der Waals surface area contributed by atoms with Gasteiger partial charge in [-0.15, -0.1) is 0 Å². The fourth-order valence-electron chi connectivity index (χ4n) is 1.55. The maximum absolute atomic E-state index is 11.8. The van der Waals surface area contributed by atoms with E-state index in [0.29, 0.717) is 16.7 Å². The van der Waals surface area contributed by atoms with Gasteiger partial charge in [-0.1, -0.05) is 28.0 Å². The molecule has 6 nitrogen and oxygen atoms in total. The predicted octanol–water partition coefficient (Wildman–Crippen LogP) is 2.85. The van der Waals surface area contributed by atoms with Gasteiger partial charge >= 0.3 is 5.97 Å². The number of aromatic hydroxyl groups is 1. The van der Waals surface area contributed by atoms with Crippen molar-refractivity contribution in [3.63, 3.8) is 0 Å². The van der Waals surface area contributed by atoms with E-state index in [4.69, 9.17) is 9.26 Å². The third-order valence-electron chi connectivity index (χ3n) is 2.49. The number of esters is 1. The fourth-order valence-corrected chi connectivity index (χ4v) is 1.91. The van der Waals surface area contributed by atoms with Crippen LogP contribution in [0.5, 0.6) is 5.75 Å². The SMILES string of the molecule is CCCc1noc(COC(=O)c2cc(Br)ccc2O)n1. The van der Waals surface area contributed by atoms with Crippen LogP contribution in [0.3, 0.4) is 0 Å². The lowest BCUT2D eigenvalue weighted by molar-refractivity contribution is 0.0426. The second-order valence-corrected chi connectivity index (χ2v) is 5.01. The normalized spacial score (nSPS) is 10.5. The van der Waals surface area contributed by atoms with Gasteiger partial charge in [0, 0.05) is 10.9 Å². The van der Waals surface area contributed by atoms with Crippen LogP contribution in [0, 0.1) is 0 Å². The standard InChI is InChI=1S/C13H13BrN2O4/c1-2-3-11-15-12(20-16-11)7-19-13(18)9-6-8(14)4-5-10(9)17/h4-6,17H,2-3,7H2,1H3. The molecule has 0 spiro atoms. The summed E-state index contributed by atoms with van der Waals surface area (Å²) in [6.45, 7) is 1.88. The molecule has 0 saturated heterocycles. The summed E-state index contributed by atoms with van der Waals surface area (Å²) in [6, 6.07) is 4.52. The summed E-state index contributed by atoms with van der Waals surface area (Å²) in [7, 11) is 0. The number of carbonyl (C=O) groups excluding carboxylic acids is 1. The molecule has 0 unspecified atom stereocenters. The maximum atomic E-state index is 11.8. The van der Waals surface area contributed by atoms with Gasteiger partial charge in [-0.2, -0.15) is 4.98 Å². The Morgan fingerprint density at radius 1 is 1.50 bits per heavy atom. The van der Waals surface area contributed by atoms with E-state index in [1.807, 2.05) is 6.92 Å². The van der Waals surface area contributed by atoms with Gasteiger partial charge in [0.25, 0.3) is 5.89 Å². The molecule has 1 N–H and O–H groups in total. The lowest BCUT2D eigenvalue weighted by Gasteiger charge is -2.04.